The van der Waals surface area contributed by atoms with Crippen LogP contribution in [0, 0.1) is 0 Å². The van der Waals surface area contributed by atoms with E-state index in [0.29, 0.717) is 23.8 Å². The number of amides is 1. The fourth-order valence-corrected chi connectivity index (χ4v) is 3.51. The largest absolute Gasteiger partial charge is 0.493 e. The SMILES string of the molecule is CCOc1c(Cl)cc(C(=O)OCC(=O)Nc2ccc(CN3CCOCC3)cc2)cc1OC. The Morgan fingerprint density at radius 1 is 1.16 bits per heavy atom. The lowest BCUT2D eigenvalue weighted by Crippen LogP contribution is -2.35. The molecular weight excluding hydrogens is 436 g/mol. The Morgan fingerprint density at radius 2 is 1.88 bits per heavy atom. The second-order valence-electron chi connectivity index (χ2n) is 7.13. The number of hydrogen-bond acceptors (Lipinski definition) is 7. The average Bonchev–Trinajstić information content (AvgIpc) is 2.80. The van der Waals surface area contributed by atoms with Crippen LogP contribution >= 0.6 is 11.6 Å². The molecule has 0 aromatic heterocycles. The fraction of sp³-hybridized carbons (Fsp3) is 0.391. The molecule has 1 aliphatic rings. The molecule has 0 unspecified atom stereocenters. The molecule has 0 spiro atoms. The van der Waals surface area contributed by atoms with Gasteiger partial charge in [0.2, 0.25) is 0 Å². The summed E-state index contributed by atoms with van der Waals surface area (Å²) in [6.45, 7) is 5.95. The van der Waals surface area contributed by atoms with Gasteiger partial charge in [-0.15, -0.1) is 0 Å². The first kappa shape index (κ1) is 23.8. The zero-order valence-electron chi connectivity index (χ0n) is 18.2. The predicted octanol–water partition coefficient (Wildman–Crippen LogP) is 3.38. The van der Waals surface area contributed by atoms with Crippen LogP contribution in [0.1, 0.15) is 22.8 Å². The van der Waals surface area contributed by atoms with Gasteiger partial charge in [0.15, 0.2) is 18.1 Å². The van der Waals surface area contributed by atoms with Gasteiger partial charge >= 0.3 is 5.97 Å². The molecule has 32 heavy (non-hydrogen) atoms. The third-order valence-corrected chi connectivity index (χ3v) is 5.12. The summed E-state index contributed by atoms with van der Waals surface area (Å²) in [6.07, 6.45) is 0. The summed E-state index contributed by atoms with van der Waals surface area (Å²) in [5, 5.41) is 2.94. The third kappa shape index (κ3) is 6.59. The van der Waals surface area contributed by atoms with Gasteiger partial charge in [0.05, 0.1) is 37.5 Å². The van der Waals surface area contributed by atoms with Crippen molar-refractivity contribution in [2.75, 3.05) is 51.9 Å². The van der Waals surface area contributed by atoms with E-state index >= 15 is 0 Å². The maximum absolute atomic E-state index is 12.4. The van der Waals surface area contributed by atoms with Gasteiger partial charge in [-0.1, -0.05) is 23.7 Å². The van der Waals surface area contributed by atoms with E-state index in [4.69, 9.17) is 30.5 Å². The Labute approximate surface area is 192 Å². The molecule has 1 heterocycles. The van der Waals surface area contributed by atoms with Crippen LogP contribution in [0.4, 0.5) is 5.69 Å². The van der Waals surface area contributed by atoms with Gasteiger partial charge in [-0.2, -0.15) is 0 Å². The summed E-state index contributed by atoms with van der Waals surface area (Å²) in [4.78, 5) is 26.9. The molecule has 0 bridgehead atoms. The van der Waals surface area contributed by atoms with Crippen LogP contribution in [0.15, 0.2) is 36.4 Å². The number of benzene rings is 2. The van der Waals surface area contributed by atoms with E-state index < -0.39 is 18.5 Å². The van der Waals surface area contributed by atoms with E-state index in [9.17, 15) is 9.59 Å². The molecule has 2 aromatic carbocycles. The monoisotopic (exact) mass is 462 g/mol. The first-order valence-corrected chi connectivity index (χ1v) is 10.7. The van der Waals surface area contributed by atoms with Crippen LogP contribution in [-0.2, 0) is 20.8 Å². The average molecular weight is 463 g/mol. The van der Waals surface area contributed by atoms with Crippen molar-refractivity contribution in [2.45, 2.75) is 13.5 Å². The minimum Gasteiger partial charge on any atom is -0.493 e. The molecule has 1 fully saturated rings. The summed E-state index contributed by atoms with van der Waals surface area (Å²) >= 11 is 6.18. The van der Waals surface area contributed by atoms with Crippen molar-refractivity contribution in [1.82, 2.24) is 4.90 Å². The van der Waals surface area contributed by atoms with E-state index in [1.165, 1.54) is 19.2 Å². The molecule has 8 nitrogen and oxygen atoms in total. The predicted molar refractivity (Wildman–Crippen MR) is 121 cm³/mol. The highest BCUT2D eigenvalue weighted by atomic mass is 35.5. The van der Waals surface area contributed by atoms with Gasteiger partial charge in [-0.25, -0.2) is 4.79 Å². The smallest absolute Gasteiger partial charge is 0.338 e. The van der Waals surface area contributed by atoms with Crippen molar-refractivity contribution in [3.05, 3.63) is 52.5 Å². The Hall–Kier alpha value is -2.81. The molecule has 0 saturated carbocycles. The Kier molecular flexibility index (Phi) is 8.72. The van der Waals surface area contributed by atoms with Crippen molar-refractivity contribution in [3.8, 4) is 11.5 Å². The van der Waals surface area contributed by atoms with Crippen LogP contribution in [0.2, 0.25) is 5.02 Å². The molecule has 0 radical (unpaired) electrons. The third-order valence-electron chi connectivity index (χ3n) is 4.84. The van der Waals surface area contributed by atoms with Crippen LogP contribution < -0.4 is 14.8 Å². The van der Waals surface area contributed by atoms with E-state index in [1.807, 2.05) is 31.2 Å². The van der Waals surface area contributed by atoms with Crippen LogP contribution in [0.25, 0.3) is 0 Å². The van der Waals surface area contributed by atoms with Gasteiger partial charge in [-0.3, -0.25) is 9.69 Å². The van der Waals surface area contributed by atoms with Gasteiger partial charge in [-0.05, 0) is 36.8 Å². The number of methoxy groups -OCH3 is 1. The van der Waals surface area contributed by atoms with Gasteiger partial charge in [0, 0.05) is 25.3 Å². The number of hydrogen-bond donors (Lipinski definition) is 1. The molecule has 3 rings (SSSR count). The van der Waals surface area contributed by atoms with E-state index in [-0.39, 0.29) is 10.6 Å². The quantitative estimate of drug-likeness (QED) is 0.572. The van der Waals surface area contributed by atoms with Crippen molar-refractivity contribution in [3.63, 3.8) is 0 Å². The lowest BCUT2D eigenvalue weighted by molar-refractivity contribution is -0.119. The Morgan fingerprint density at radius 3 is 2.53 bits per heavy atom. The zero-order chi connectivity index (χ0) is 22.9. The second kappa shape index (κ2) is 11.7. The zero-order valence-corrected chi connectivity index (χ0v) is 18.9. The van der Waals surface area contributed by atoms with Crippen LogP contribution in [-0.4, -0.2) is 63.4 Å². The molecule has 0 atom stereocenters. The molecule has 1 aliphatic heterocycles. The second-order valence-corrected chi connectivity index (χ2v) is 7.54. The van der Waals surface area contributed by atoms with E-state index in [0.717, 1.165) is 38.4 Å². The number of morpholine rings is 1. The summed E-state index contributed by atoms with van der Waals surface area (Å²) in [5.41, 5.74) is 1.94. The van der Waals surface area contributed by atoms with Gasteiger partial charge < -0.3 is 24.3 Å². The van der Waals surface area contributed by atoms with E-state index in [1.54, 1.807) is 0 Å². The molecule has 1 N–H and O–H groups in total. The van der Waals surface area contributed by atoms with Gasteiger partial charge in [0.25, 0.3) is 5.91 Å². The van der Waals surface area contributed by atoms with Crippen molar-refractivity contribution in [1.29, 1.82) is 0 Å². The number of nitrogens with one attached hydrogen (secondary N) is 1. The molecule has 9 heteroatoms. The highest BCUT2D eigenvalue weighted by Crippen LogP contribution is 2.36. The Bertz CT molecular complexity index is 929. The number of carbonyl (C=O) groups is 2. The standard InChI is InChI=1S/C23H27ClN2O6/c1-3-31-22-19(24)12-17(13-20(22)29-2)23(28)32-15-21(27)25-18-6-4-16(5-7-18)14-26-8-10-30-11-9-26/h4-7,12-13H,3,8-11,14-15H2,1-2H3,(H,25,27). The summed E-state index contributed by atoms with van der Waals surface area (Å²) in [5.74, 6) is -0.469. The number of anilines is 1. The fourth-order valence-electron chi connectivity index (χ4n) is 3.24. The lowest BCUT2D eigenvalue weighted by Gasteiger charge is -2.26. The molecule has 1 amide bonds. The van der Waals surface area contributed by atoms with Crippen molar-refractivity contribution < 1.29 is 28.5 Å². The minimum atomic E-state index is -0.691. The summed E-state index contributed by atoms with van der Waals surface area (Å²) < 4.78 is 21.1. The number of carbonyl (C=O) groups excluding carboxylic acids is 2. The molecule has 0 aliphatic carbocycles. The Balaban J connectivity index is 1.51. The lowest BCUT2D eigenvalue weighted by atomic mass is 10.2. The molecule has 2 aromatic rings. The van der Waals surface area contributed by atoms with Crippen LogP contribution in [0.3, 0.4) is 0 Å². The van der Waals surface area contributed by atoms with Crippen molar-refractivity contribution >= 4 is 29.2 Å². The maximum atomic E-state index is 12.4. The molecule has 172 valence electrons. The number of rotatable bonds is 9. The maximum Gasteiger partial charge on any atom is 0.338 e. The van der Waals surface area contributed by atoms with Crippen molar-refractivity contribution in [2.24, 2.45) is 0 Å². The first-order chi connectivity index (χ1) is 15.5. The van der Waals surface area contributed by atoms with E-state index in [2.05, 4.69) is 10.2 Å². The minimum absolute atomic E-state index is 0.163. The topological polar surface area (TPSA) is 86.3 Å². The first-order valence-electron chi connectivity index (χ1n) is 10.4. The number of ether oxygens (including phenoxy) is 4. The van der Waals surface area contributed by atoms with Gasteiger partial charge in [0.1, 0.15) is 0 Å². The number of nitrogens with zero attached hydrogens (tertiary/aromatic N) is 1. The number of esters is 1. The molecular formula is C23H27ClN2O6. The summed E-state index contributed by atoms with van der Waals surface area (Å²) in [7, 11) is 1.45. The number of halogens is 1. The molecule has 1 saturated heterocycles. The highest BCUT2D eigenvalue weighted by molar-refractivity contribution is 6.32. The normalized spacial score (nSPS) is 14.0. The van der Waals surface area contributed by atoms with Crippen LogP contribution in [0.5, 0.6) is 11.5 Å². The highest BCUT2D eigenvalue weighted by Gasteiger charge is 2.18. The summed E-state index contributed by atoms with van der Waals surface area (Å²) in [6, 6.07) is 10.5.